The summed E-state index contributed by atoms with van der Waals surface area (Å²) < 4.78 is 2.95. The molecule has 0 aliphatic heterocycles. The van der Waals surface area contributed by atoms with Gasteiger partial charge in [0, 0.05) is 37.9 Å². The van der Waals surface area contributed by atoms with Gasteiger partial charge in [-0.3, -0.25) is 4.68 Å². The van der Waals surface area contributed by atoms with E-state index in [4.69, 9.17) is 5.73 Å². The van der Waals surface area contributed by atoms with E-state index in [1.165, 1.54) is 9.35 Å². The van der Waals surface area contributed by atoms with Crippen LogP contribution in [0.25, 0.3) is 0 Å². The molecule has 0 saturated heterocycles. The third-order valence-corrected chi connectivity index (χ3v) is 4.29. The Balaban J connectivity index is 1.89. The minimum Gasteiger partial charge on any atom is -0.323 e. The highest BCUT2D eigenvalue weighted by Gasteiger charge is 2.11. The van der Waals surface area contributed by atoms with E-state index in [2.05, 4.69) is 44.4 Å². The van der Waals surface area contributed by atoms with Crippen LogP contribution in [0.5, 0.6) is 0 Å². The molecule has 0 aliphatic rings. The fourth-order valence-corrected chi connectivity index (χ4v) is 3.08. The molecule has 2 heterocycles. The molecule has 18 heavy (non-hydrogen) atoms. The van der Waals surface area contributed by atoms with Gasteiger partial charge < -0.3 is 10.6 Å². The van der Waals surface area contributed by atoms with Crippen molar-refractivity contribution < 1.29 is 0 Å². The Morgan fingerprint density at radius 3 is 2.94 bits per heavy atom. The fraction of sp³-hybridized carbons (Fsp3) is 0.417. The van der Waals surface area contributed by atoms with Gasteiger partial charge in [-0.25, -0.2) is 0 Å². The molecule has 0 bridgehead atoms. The van der Waals surface area contributed by atoms with Gasteiger partial charge >= 0.3 is 0 Å². The maximum absolute atomic E-state index is 6.17. The Kier molecular flexibility index (Phi) is 4.55. The Hall–Kier alpha value is -0.690. The lowest BCUT2D eigenvalue weighted by Gasteiger charge is -2.19. The molecule has 2 aromatic rings. The standard InChI is InChI=1S/C12H17BrN4S/c1-16(5-9-3-12(13)18-8-9)7-11(14)10-4-15-17(2)6-10/h3-4,6,8,11H,5,7,14H2,1-2H3. The van der Waals surface area contributed by atoms with Gasteiger partial charge in [0.05, 0.1) is 9.98 Å². The SMILES string of the molecule is CN(Cc1csc(Br)c1)CC(N)c1cnn(C)c1. The third-order valence-electron chi connectivity index (χ3n) is 2.74. The molecule has 2 rings (SSSR count). The van der Waals surface area contributed by atoms with E-state index in [1.807, 2.05) is 19.4 Å². The number of aromatic nitrogens is 2. The Bertz CT molecular complexity index is 508. The lowest BCUT2D eigenvalue weighted by Crippen LogP contribution is -2.28. The summed E-state index contributed by atoms with van der Waals surface area (Å²) in [7, 11) is 3.99. The van der Waals surface area contributed by atoms with E-state index in [1.54, 1.807) is 16.0 Å². The summed E-state index contributed by atoms with van der Waals surface area (Å²) in [5, 5.41) is 6.31. The van der Waals surface area contributed by atoms with Gasteiger partial charge in [0.25, 0.3) is 0 Å². The molecule has 0 saturated carbocycles. The summed E-state index contributed by atoms with van der Waals surface area (Å²) in [6.07, 6.45) is 3.80. The predicted molar refractivity (Wildman–Crippen MR) is 78.5 cm³/mol. The second-order valence-electron chi connectivity index (χ2n) is 4.51. The number of nitrogens with two attached hydrogens (primary N) is 1. The van der Waals surface area contributed by atoms with Crippen LogP contribution in [0.2, 0.25) is 0 Å². The van der Waals surface area contributed by atoms with Crippen molar-refractivity contribution in [2.75, 3.05) is 13.6 Å². The summed E-state index contributed by atoms with van der Waals surface area (Å²) in [5.74, 6) is 0. The van der Waals surface area contributed by atoms with Crippen molar-refractivity contribution in [2.24, 2.45) is 12.8 Å². The van der Waals surface area contributed by atoms with E-state index in [9.17, 15) is 0 Å². The average Bonchev–Trinajstić information content (AvgIpc) is 2.87. The van der Waals surface area contributed by atoms with Crippen molar-refractivity contribution in [3.05, 3.63) is 38.8 Å². The van der Waals surface area contributed by atoms with Crippen LogP contribution >= 0.6 is 27.3 Å². The minimum atomic E-state index is 0.00535. The first-order valence-corrected chi connectivity index (χ1v) is 7.37. The largest absolute Gasteiger partial charge is 0.323 e. The van der Waals surface area contributed by atoms with Gasteiger partial charge in [0.15, 0.2) is 0 Å². The van der Waals surface area contributed by atoms with E-state index in [0.29, 0.717) is 0 Å². The minimum absolute atomic E-state index is 0.00535. The molecule has 0 amide bonds. The first kappa shape index (κ1) is 13.7. The number of nitrogens with zero attached hydrogens (tertiary/aromatic N) is 3. The number of hydrogen-bond donors (Lipinski definition) is 1. The maximum Gasteiger partial charge on any atom is 0.0701 e. The number of thiophene rings is 1. The summed E-state index contributed by atoms with van der Waals surface area (Å²) in [6.45, 7) is 1.73. The second kappa shape index (κ2) is 5.97. The molecule has 6 heteroatoms. The normalized spacial score (nSPS) is 13.2. The van der Waals surface area contributed by atoms with Crippen LogP contribution in [0.4, 0.5) is 0 Å². The molecule has 1 atom stereocenters. The molecule has 0 fully saturated rings. The van der Waals surface area contributed by atoms with Crippen LogP contribution < -0.4 is 5.73 Å². The van der Waals surface area contributed by atoms with Crippen LogP contribution in [-0.4, -0.2) is 28.3 Å². The molecule has 0 aliphatic carbocycles. The molecule has 2 aromatic heterocycles. The zero-order valence-corrected chi connectivity index (χ0v) is 12.9. The molecule has 0 spiro atoms. The molecule has 0 aromatic carbocycles. The van der Waals surface area contributed by atoms with Gasteiger partial charge in [-0.15, -0.1) is 11.3 Å². The maximum atomic E-state index is 6.17. The number of aryl methyl sites for hydroxylation is 1. The van der Waals surface area contributed by atoms with Crippen LogP contribution in [0.15, 0.2) is 27.6 Å². The summed E-state index contributed by atoms with van der Waals surface area (Å²) in [6, 6.07) is 2.15. The van der Waals surface area contributed by atoms with Crippen LogP contribution in [-0.2, 0) is 13.6 Å². The number of halogens is 1. The molecular formula is C12H17BrN4S. The zero-order valence-electron chi connectivity index (χ0n) is 10.5. The Morgan fingerprint density at radius 2 is 2.39 bits per heavy atom. The van der Waals surface area contributed by atoms with Crippen molar-refractivity contribution in [1.82, 2.24) is 14.7 Å². The zero-order chi connectivity index (χ0) is 13.1. The van der Waals surface area contributed by atoms with Crippen molar-refractivity contribution in [3.63, 3.8) is 0 Å². The highest BCUT2D eigenvalue weighted by Crippen LogP contribution is 2.22. The second-order valence-corrected chi connectivity index (χ2v) is 6.80. The van der Waals surface area contributed by atoms with E-state index in [0.717, 1.165) is 18.7 Å². The van der Waals surface area contributed by atoms with Crippen molar-refractivity contribution in [1.29, 1.82) is 0 Å². The highest BCUT2D eigenvalue weighted by molar-refractivity contribution is 9.11. The fourth-order valence-electron chi connectivity index (χ4n) is 1.88. The van der Waals surface area contributed by atoms with Crippen LogP contribution in [0, 0.1) is 0 Å². The van der Waals surface area contributed by atoms with E-state index in [-0.39, 0.29) is 6.04 Å². The van der Waals surface area contributed by atoms with Crippen LogP contribution in [0.1, 0.15) is 17.2 Å². The predicted octanol–water partition coefficient (Wildman–Crippen LogP) is 2.38. The topological polar surface area (TPSA) is 47.1 Å². The van der Waals surface area contributed by atoms with E-state index < -0.39 is 0 Å². The van der Waals surface area contributed by atoms with Crippen molar-refractivity contribution in [2.45, 2.75) is 12.6 Å². The van der Waals surface area contributed by atoms with Crippen molar-refractivity contribution in [3.8, 4) is 0 Å². The van der Waals surface area contributed by atoms with Gasteiger partial charge in [0.1, 0.15) is 0 Å². The Morgan fingerprint density at radius 1 is 1.61 bits per heavy atom. The van der Waals surface area contributed by atoms with Gasteiger partial charge in [-0.2, -0.15) is 5.10 Å². The smallest absolute Gasteiger partial charge is 0.0701 e. The summed E-state index contributed by atoms with van der Waals surface area (Å²) >= 11 is 5.19. The average molecular weight is 329 g/mol. The first-order valence-electron chi connectivity index (χ1n) is 5.70. The molecular weight excluding hydrogens is 312 g/mol. The van der Waals surface area contributed by atoms with Crippen molar-refractivity contribution >= 4 is 27.3 Å². The molecule has 4 nitrogen and oxygen atoms in total. The summed E-state index contributed by atoms with van der Waals surface area (Å²) in [4.78, 5) is 2.23. The lowest BCUT2D eigenvalue weighted by atomic mass is 10.1. The molecule has 2 N–H and O–H groups in total. The molecule has 0 radical (unpaired) electrons. The monoisotopic (exact) mass is 328 g/mol. The number of likely N-dealkylation sites (N-methyl/N-ethyl adjacent to an activating group) is 1. The number of rotatable bonds is 5. The van der Waals surface area contributed by atoms with Gasteiger partial charge in [-0.05, 0) is 40.0 Å². The molecule has 1 unspecified atom stereocenters. The quantitative estimate of drug-likeness (QED) is 0.916. The number of hydrogen-bond acceptors (Lipinski definition) is 4. The Labute approximate surface area is 120 Å². The first-order chi connectivity index (χ1) is 8.54. The van der Waals surface area contributed by atoms with Gasteiger partial charge in [0.2, 0.25) is 0 Å². The highest BCUT2D eigenvalue weighted by atomic mass is 79.9. The summed E-state index contributed by atoms with van der Waals surface area (Å²) in [5.41, 5.74) is 8.56. The lowest BCUT2D eigenvalue weighted by molar-refractivity contribution is 0.305. The van der Waals surface area contributed by atoms with Crippen LogP contribution in [0.3, 0.4) is 0 Å². The third kappa shape index (κ3) is 3.65. The van der Waals surface area contributed by atoms with Gasteiger partial charge in [-0.1, -0.05) is 0 Å². The van der Waals surface area contributed by atoms with E-state index >= 15 is 0 Å². The molecule has 98 valence electrons.